The van der Waals surface area contributed by atoms with Crippen molar-refractivity contribution in [3.8, 4) is 16.9 Å². The lowest BCUT2D eigenvalue weighted by atomic mass is 10.0. The highest BCUT2D eigenvalue weighted by Crippen LogP contribution is 2.32. The van der Waals surface area contributed by atoms with E-state index in [9.17, 15) is 4.79 Å². The number of rotatable bonds is 2. The first kappa shape index (κ1) is 20.0. The van der Waals surface area contributed by atoms with Gasteiger partial charge in [-0.3, -0.25) is 4.79 Å². The van der Waals surface area contributed by atoms with E-state index >= 15 is 0 Å². The van der Waals surface area contributed by atoms with Crippen molar-refractivity contribution in [3.63, 3.8) is 0 Å². The van der Waals surface area contributed by atoms with Gasteiger partial charge in [0.25, 0.3) is 5.91 Å². The van der Waals surface area contributed by atoms with Gasteiger partial charge < -0.3 is 19.2 Å². The SMILES string of the molecule is Cc1nc2ccc(-c3ccc4c(c3)CN(C(=O)c3cc5nc(C)sc5n3C)CCO4)cc2[nH]1. The molecule has 1 aliphatic heterocycles. The summed E-state index contributed by atoms with van der Waals surface area (Å²) in [6.07, 6.45) is 0. The summed E-state index contributed by atoms with van der Waals surface area (Å²) in [5.74, 6) is 1.73. The molecule has 0 unspecified atom stereocenters. The maximum Gasteiger partial charge on any atom is 0.271 e. The van der Waals surface area contributed by atoms with Gasteiger partial charge in [-0.2, -0.15) is 0 Å². The molecule has 0 atom stereocenters. The average molecular weight is 458 g/mol. The molecule has 0 bridgehead atoms. The van der Waals surface area contributed by atoms with Crippen molar-refractivity contribution in [2.45, 2.75) is 20.4 Å². The summed E-state index contributed by atoms with van der Waals surface area (Å²) >= 11 is 1.61. The summed E-state index contributed by atoms with van der Waals surface area (Å²) in [6.45, 7) is 5.44. The smallest absolute Gasteiger partial charge is 0.271 e. The Labute approximate surface area is 194 Å². The molecule has 0 saturated heterocycles. The first-order valence-electron chi connectivity index (χ1n) is 10.9. The number of H-pyrrole nitrogens is 1. The maximum atomic E-state index is 13.5. The van der Waals surface area contributed by atoms with Gasteiger partial charge in [0.05, 0.1) is 22.6 Å². The van der Waals surface area contributed by atoms with E-state index in [1.54, 1.807) is 11.3 Å². The van der Waals surface area contributed by atoms with Crippen LogP contribution in [0.2, 0.25) is 0 Å². The summed E-state index contributed by atoms with van der Waals surface area (Å²) in [6, 6.07) is 14.3. The predicted molar refractivity (Wildman–Crippen MR) is 130 cm³/mol. The Balaban J connectivity index is 1.33. The third-order valence-corrected chi connectivity index (χ3v) is 7.22. The fourth-order valence-corrected chi connectivity index (χ4v) is 5.40. The molecule has 5 aromatic rings. The Morgan fingerprint density at radius 2 is 1.88 bits per heavy atom. The highest BCUT2D eigenvalue weighted by molar-refractivity contribution is 7.18. The van der Waals surface area contributed by atoms with E-state index in [0.29, 0.717) is 25.4 Å². The van der Waals surface area contributed by atoms with Gasteiger partial charge >= 0.3 is 0 Å². The molecule has 0 aliphatic carbocycles. The molecule has 3 aromatic heterocycles. The molecule has 4 heterocycles. The highest BCUT2D eigenvalue weighted by atomic mass is 32.1. The van der Waals surface area contributed by atoms with Crippen LogP contribution in [-0.2, 0) is 13.6 Å². The van der Waals surface area contributed by atoms with E-state index in [4.69, 9.17) is 4.74 Å². The number of hydrogen-bond acceptors (Lipinski definition) is 5. The zero-order valence-electron chi connectivity index (χ0n) is 18.7. The van der Waals surface area contributed by atoms with E-state index in [2.05, 4.69) is 39.2 Å². The molecule has 0 radical (unpaired) electrons. The summed E-state index contributed by atoms with van der Waals surface area (Å²) in [5.41, 5.74) is 6.69. The number of carbonyl (C=O) groups is 1. The molecule has 166 valence electrons. The van der Waals surface area contributed by atoms with Crippen LogP contribution in [0, 0.1) is 13.8 Å². The molecule has 1 amide bonds. The molecule has 2 aromatic carbocycles. The minimum absolute atomic E-state index is 0.00318. The second-order valence-electron chi connectivity index (χ2n) is 8.46. The van der Waals surface area contributed by atoms with E-state index in [1.165, 1.54) is 0 Å². The van der Waals surface area contributed by atoms with Crippen LogP contribution in [-0.4, -0.2) is 43.5 Å². The third kappa shape index (κ3) is 3.38. The number of aromatic amines is 1. The quantitative estimate of drug-likeness (QED) is 0.412. The number of thiazole rings is 1. The Morgan fingerprint density at radius 3 is 2.73 bits per heavy atom. The van der Waals surface area contributed by atoms with Crippen molar-refractivity contribution in [2.75, 3.05) is 13.2 Å². The van der Waals surface area contributed by atoms with E-state index in [0.717, 1.165) is 54.7 Å². The minimum Gasteiger partial charge on any atom is -0.491 e. The number of ether oxygens (including phenoxy) is 1. The Bertz CT molecular complexity index is 1540. The zero-order chi connectivity index (χ0) is 22.7. The first-order chi connectivity index (χ1) is 16.0. The number of amides is 1. The van der Waals surface area contributed by atoms with Crippen LogP contribution in [0.25, 0.3) is 32.5 Å². The summed E-state index contributed by atoms with van der Waals surface area (Å²) in [4.78, 5) is 28.7. The fourth-order valence-electron chi connectivity index (χ4n) is 4.53. The van der Waals surface area contributed by atoms with Gasteiger partial charge in [-0.25, -0.2) is 9.97 Å². The van der Waals surface area contributed by atoms with Gasteiger partial charge in [-0.15, -0.1) is 11.3 Å². The van der Waals surface area contributed by atoms with E-state index in [1.807, 2.05) is 48.6 Å². The molecule has 0 spiro atoms. The fraction of sp³-hybridized carbons (Fsp3) is 0.240. The van der Waals surface area contributed by atoms with E-state index in [-0.39, 0.29) is 5.91 Å². The van der Waals surface area contributed by atoms with Gasteiger partial charge in [0.15, 0.2) is 0 Å². The normalized spacial score (nSPS) is 13.8. The number of hydrogen-bond donors (Lipinski definition) is 1. The number of aromatic nitrogens is 4. The van der Waals surface area contributed by atoms with Crippen molar-refractivity contribution < 1.29 is 9.53 Å². The first-order valence-corrected chi connectivity index (χ1v) is 11.7. The van der Waals surface area contributed by atoms with E-state index < -0.39 is 0 Å². The number of fused-ring (bicyclic) bond motifs is 3. The van der Waals surface area contributed by atoms with Gasteiger partial charge in [0.1, 0.15) is 34.2 Å². The number of imidazole rings is 1. The van der Waals surface area contributed by atoms with Crippen LogP contribution in [0.15, 0.2) is 42.5 Å². The minimum atomic E-state index is -0.00318. The van der Waals surface area contributed by atoms with Crippen molar-refractivity contribution in [1.82, 2.24) is 24.4 Å². The van der Waals surface area contributed by atoms with Crippen LogP contribution in [0.3, 0.4) is 0 Å². The van der Waals surface area contributed by atoms with Gasteiger partial charge in [0.2, 0.25) is 0 Å². The molecule has 0 fully saturated rings. The second-order valence-corrected chi connectivity index (χ2v) is 9.65. The molecule has 1 aliphatic rings. The summed E-state index contributed by atoms with van der Waals surface area (Å²) in [5, 5.41) is 1.00. The zero-order valence-corrected chi connectivity index (χ0v) is 19.5. The number of aryl methyl sites for hydroxylation is 3. The van der Waals surface area contributed by atoms with Crippen molar-refractivity contribution in [3.05, 3.63) is 64.6 Å². The molecule has 33 heavy (non-hydrogen) atoms. The number of nitrogens with one attached hydrogen (secondary N) is 1. The molecule has 1 N–H and O–H groups in total. The van der Waals surface area contributed by atoms with Crippen molar-refractivity contribution in [1.29, 1.82) is 0 Å². The Morgan fingerprint density at radius 1 is 1.06 bits per heavy atom. The lowest BCUT2D eigenvalue weighted by molar-refractivity contribution is 0.0724. The summed E-state index contributed by atoms with van der Waals surface area (Å²) in [7, 11) is 1.93. The molecule has 8 heteroatoms. The van der Waals surface area contributed by atoms with Crippen LogP contribution >= 0.6 is 11.3 Å². The monoisotopic (exact) mass is 457 g/mol. The van der Waals surface area contributed by atoms with Gasteiger partial charge in [-0.05, 0) is 55.3 Å². The third-order valence-electron chi connectivity index (χ3n) is 6.16. The predicted octanol–water partition coefficient (Wildman–Crippen LogP) is 4.83. The van der Waals surface area contributed by atoms with Crippen LogP contribution < -0.4 is 4.74 Å². The largest absolute Gasteiger partial charge is 0.491 e. The topological polar surface area (TPSA) is 76.0 Å². The lowest BCUT2D eigenvalue weighted by Gasteiger charge is -2.20. The standard InChI is InChI=1S/C25H23N5O2S/c1-14-26-19-6-4-17(11-20(19)27-14)16-5-7-23-18(10-16)13-30(8-9-32-23)24(31)22-12-21-25(29(22)3)33-15(2)28-21/h4-7,10-12H,8-9,13H2,1-3H3,(H,26,27). The molecule has 0 saturated carbocycles. The molecular formula is C25H23N5O2S. The lowest BCUT2D eigenvalue weighted by Crippen LogP contribution is -2.33. The molecular weight excluding hydrogens is 434 g/mol. The Hall–Kier alpha value is -3.65. The second kappa shape index (κ2) is 7.45. The highest BCUT2D eigenvalue weighted by Gasteiger charge is 2.25. The average Bonchev–Trinajstić information content (AvgIpc) is 3.38. The number of nitrogens with zero attached hydrogens (tertiary/aromatic N) is 4. The summed E-state index contributed by atoms with van der Waals surface area (Å²) < 4.78 is 7.94. The van der Waals surface area contributed by atoms with Crippen LogP contribution in [0.1, 0.15) is 26.9 Å². The van der Waals surface area contributed by atoms with Crippen molar-refractivity contribution >= 4 is 38.6 Å². The van der Waals surface area contributed by atoms with Gasteiger partial charge in [-0.1, -0.05) is 12.1 Å². The molecule has 6 rings (SSSR count). The number of carbonyl (C=O) groups excluding carboxylic acids is 1. The van der Waals surface area contributed by atoms with Crippen LogP contribution in [0.5, 0.6) is 5.75 Å². The molecule has 7 nitrogen and oxygen atoms in total. The van der Waals surface area contributed by atoms with Gasteiger partial charge in [0, 0.05) is 19.2 Å². The maximum absolute atomic E-state index is 13.5. The van der Waals surface area contributed by atoms with Crippen molar-refractivity contribution in [2.24, 2.45) is 7.05 Å². The van der Waals surface area contributed by atoms with Crippen LogP contribution in [0.4, 0.5) is 0 Å². The number of benzene rings is 2. The Kier molecular flexibility index (Phi) is 4.51.